The molecule has 0 bridgehead atoms. The van der Waals surface area contributed by atoms with Gasteiger partial charge in [0.2, 0.25) is 5.91 Å². The number of rotatable bonds is 6. The Kier molecular flexibility index (Phi) is 6.14. The molecule has 27 heavy (non-hydrogen) atoms. The molecule has 1 aliphatic rings. The Morgan fingerprint density at radius 1 is 1.15 bits per heavy atom. The van der Waals surface area contributed by atoms with E-state index in [1.165, 1.54) is 16.6 Å². The minimum absolute atomic E-state index is 0.0562. The summed E-state index contributed by atoms with van der Waals surface area (Å²) in [5, 5.41) is 0. The van der Waals surface area contributed by atoms with Crippen LogP contribution in [0.3, 0.4) is 0 Å². The van der Waals surface area contributed by atoms with Crippen molar-refractivity contribution in [2.45, 2.75) is 53.0 Å². The Morgan fingerprint density at radius 2 is 1.85 bits per heavy atom. The van der Waals surface area contributed by atoms with Gasteiger partial charge in [-0.05, 0) is 62.8 Å². The van der Waals surface area contributed by atoms with Gasteiger partial charge in [0.15, 0.2) is 0 Å². The molecule has 0 radical (unpaired) electrons. The van der Waals surface area contributed by atoms with Crippen LogP contribution in [-0.4, -0.2) is 46.0 Å². The largest absolute Gasteiger partial charge is 0.466 e. The van der Waals surface area contributed by atoms with Crippen LogP contribution in [0.2, 0.25) is 0 Å². The summed E-state index contributed by atoms with van der Waals surface area (Å²) < 4.78 is 7.13. The highest BCUT2D eigenvalue weighted by Gasteiger charge is 2.24. The van der Waals surface area contributed by atoms with Crippen molar-refractivity contribution < 1.29 is 14.3 Å². The molecule has 1 amide bonds. The summed E-state index contributed by atoms with van der Waals surface area (Å²) >= 11 is 0. The summed E-state index contributed by atoms with van der Waals surface area (Å²) in [6.07, 6.45) is 4.31. The van der Waals surface area contributed by atoms with Gasteiger partial charge in [0, 0.05) is 26.1 Å². The number of hydrogen-bond donors (Lipinski definition) is 0. The molecule has 3 rings (SSSR count). The van der Waals surface area contributed by atoms with Gasteiger partial charge in [-0.15, -0.1) is 0 Å². The molecule has 0 spiro atoms. The first kappa shape index (κ1) is 19.4. The molecular weight excluding hydrogens is 342 g/mol. The van der Waals surface area contributed by atoms with Crippen LogP contribution < -0.4 is 0 Å². The quantitative estimate of drug-likeness (QED) is 0.731. The van der Waals surface area contributed by atoms with Crippen LogP contribution in [0, 0.1) is 19.8 Å². The van der Waals surface area contributed by atoms with Gasteiger partial charge in [-0.3, -0.25) is 9.59 Å². The zero-order chi connectivity index (χ0) is 19.4. The van der Waals surface area contributed by atoms with Gasteiger partial charge >= 0.3 is 5.97 Å². The zero-order valence-corrected chi connectivity index (χ0v) is 16.5. The molecule has 0 unspecified atom stereocenters. The predicted octanol–water partition coefficient (Wildman–Crippen LogP) is 3.24. The number of hydrogen-bond acceptors (Lipinski definition) is 4. The molecule has 1 aromatic carbocycles. The Hall–Kier alpha value is -2.37. The first-order valence-corrected chi connectivity index (χ1v) is 9.83. The predicted molar refractivity (Wildman–Crippen MR) is 104 cm³/mol. The van der Waals surface area contributed by atoms with Gasteiger partial charge in [0.1, 0.15) is 0 Å². The highest BCUT2D eigenvalue weighted by atomic mass is 16.5. The number of piperidine rings is 1. The van der Waals surface area contributed by atoms with E-state index >= 15 is 0 Å². The standard InChI is InChI=1S/C21H29N3O3/c1-4-27-21(26)6-5-20(25)23-9-7-17(8-10-23)13-24-14-22-18-11-15(2)16(3)12-19(18)24/h11-12,14,17H,4-10,13H2,1-3H3. The van der Waals surface area contributed by atoms with Crippen LogP contribution in [0.1, 0.15) is 43.7 Å². The number of carbonyl (C=O) groups excluding carboxylic acids is 2. The van der Waals surface area contributed by atoms with E-state index in [9.17, 15) is 9.59 Å². The van der Waals surface area contributed by atoms with Crippen molar-refractivity contribution in [3.8, 4) is 0 Å². The van der Waals surface area contributed by atoms with Gasteiger partial charge in [0.05, 0.1) is 30.4 Å². The average Bonchev–Trinajstić information content (AvgIpc) is 3.02. The lowest BCUT2D eigenvalue weighted by Gasteiger charge is -2.32. The normalized spacial score (nSPS) is 15.3. The highest BCUT2D eigenvalue weighted by molar-refractivity contribution is 5.81. The molecule has 6 nitrogen and oxygen atoms in total. The van der Waals surface area contributed by atoms with Crippen LogP contribution in [0.15, 0.2) is 18.5 Å². The maximum absolute atomic E-state index is 12.3. The number of imidazole rings is 1. The van der Waals surface area contributed by atoms with Crippen LogP contribution in [0.25, 0.3) is 11.0 Å². The number of aromatic nitrogens is 2. The van der Waals surface area contributed by atoms with Crippen molar-refractivity contribution in [3.05, 3.63) is 29.6 Å². The van der Waals surface area contributed by atoms with E-state index < -0.39 is 0 Å². The lowest BCUT2D eigenvalue weighted by Crippen LogP contribution is -2.39. The number of amides is 1. The van der Waals surface area contributed by atoms with Crippen molar-refractivity contribution in [1.29, 1.82) is 0 Å². The van der Waals surface area contributed by atoms with E-state index in [0.29, 0.717) is 12.5 Å². The second-order valence-corrected chi connectivity index (χ2v) is 7.45. The van der Waals surface area contributed by atoms with Crippen molar-refractivity contribution in [3.63, 3.8) is 0 Å². The van der Waals surface area contributed by atoms with E-state index in [2.05, 4.69) is 35.5 Å². The number of nitrogens with zero attached hydrogens (tertiary/aromatic N) is 3. The van der Waals surface area contributed by atoms with Crippen LogP contribution in [-0.2, 0) is 20.9 Å². The molecule has 2 heterocycles. The topological polar surface area (TPSA) is 64.4 Å². The van der Waals surface area contributed by atoms with E-state index in [-0.39, 0.29) is 24.7 Å². The number of esters is 1. The average molecular weight is 371 g/mol. The summed E-state index contributed by atoms with van der Waals surface area (Å²) in [7, 11) is 0. The lowest BCUT2D eigenvalue weighted by atomic mass is 9.96. The Labute approximate surface area is 160 Å². The Morgan fingerprint density at radius 3 is 2.56 bits per heavy atom. The van der Waals surface area contributed by atoms with E-state index in [1.54, 1.807) is 6.92 Å². The van der Waals surface area contributed by atoms with Crippen molar-refractivity contribution in [2.24, 2.45) is 5.92 Å². The van der Waals surface area contributed by atoms with Crippen LogP contribution >= 0.6 is 0 Å². The third kappa shape index (κ3) is 4.67. The molecular formula is C21H29N3O3. The number of benzene rings is 1. The number of fused-ring (bicyclic) bond motifs is 1. The second kappa shape index (κ2) is 8.55. The molecule has 1 aliphatic heterocycles. The number of likely N-dealkylation sites (tertiary alicyclic amines) is 1. The molecule has 146 valence electrons. The summed E-state index contributed by atoms with van der Waals surface area (Å²) in [5.41, 5.74) is 4.78. The maximum Gasteiger partial charge on any atom is 0.306 e. The smallest absolute Gasteiger partial charge is 0.306 e. The summed E-state index contributed by atoms with van der Waals surface area (Å²) in [4.78, 5) is 30.1. The van der Waals surface area contributed by atoms with Crippen molar-refractivity contribution >= 4 is 22.9 Å². The second-order valence-electron chi connectivity index (χ2n) is 7.45. The third-order valence-electron chi connectivity index (χ3n) is 5.51. The SMILES string of the molecule is CCOC(=O)CCC(=O)N1CCC(Cn2cnc3cc(C)c(C)cc32)CC1. The minimum atomic E-state index is -0.293. The molecule has 1 fully saturated rings. The molecule has 1 saturated heterocycles. The number of aryl methyl sites for hydroxylation is 2. The van der Waals surface area contributed by atoms with Gasteiger partial charge in [0.25, 0.3) is 0 Å². The highest BCUT2D eigenvalue weighted by Crippen LogP contribution is 2.24. The van der Waals surface area contributed by atoms with E-state index in [1.807, 2.05) is 11.2 Å². The molecule has 0 atom stereocenters. The number of carbonyl (C=O) groups is 2. The zero-order valence-electron chi connectivity index (χ0n) is 16.5. The fourth-order valence-electron chi connectivity index (χ4n) is 3.70. The van der Waals surface area contributed by atoms with E-state index in [4.69, 9.17) is 4.74 Å². The monoisotopic (exact) mass is 371 g/mol. The summed E-state index contributed by atoms with van der Waals surface area (Å²) in [5.74, 6) is 0.303. The first-order chi connectivity index (χ1) is 13.0. The van der Waals surface area contributed by atoms with Crippen LogP contribution in [0.4, 0.5) is 0 Å². The van der Waals surface area contributed by atoms with Gasteiger partial charge in [-0.2, -0.15) is 0 Å². The fraction of sp³-hybridized carbons (Fsp3) is 0.571. The van der Waals surface area contributed by atoms with Gasteiger partial charge in [-0.25, -0.2) is 4.98 Å². The molecule has 0 aliphatic carbocycles. The minimum Gasteiger partial charge on any atom is -0.466 e. The lowest BCUT2D eigenvalue weighted by molar-refractivity contribution is -0.146. The maximum atomic E-state index is 12.3. The Balaban J connectivity index is 1.52. The summed E-state index contributed by atoms with van der Waals surface area (Å²) in [6.45, 7) is 8.84. The fourth-order valence-corrected chi connectivity index (χ4v) is 3.70. The summed E-state index contributed by atoms with van der Waals surface area (Å²) in [6, 6.07) is 4.36. The van der Waals surface area contributed by atoms with Gasteiger partial charge in [-0.1, -0.05) is 0 Å². The van der Waals surface area contributed by atoms with Crippen molar-refractivity contribution in [1.82, 2.24) is 14.5 Å². The molecule has 1 aromatic heterocycles. The molecule has 2 aromatic rings. The van der Waals surface area contributed by atoms with Crippen LogP contribution in [0.5, 0.6) is 0 Å². The molecule has 0 saturated carbocycles. The molecule has 0 N–H and O–H groups in total. The first-order valence-electron chi connectivity index (χ1n) is 9.83. The number of ether oxygens (including phenoxy) is 1. The van der Waals surface area contributed by atoms with Crippen molar-refractivity contribution in [2.75, 3.05) is 19.7 Å². The van der Waals surface area contributed by atoms with Gasteiger partial charge < -0.3 is 14.2 Å². The Bertz CT molecular complexity index is 819. The third-order valence-corrected chi connectivity index (χ3v) is 5.51. The van der Waals surface area contributed by atoms with E-state index in [0.717, 1.165) is 38.0 Å². The molecule has 6 heteroatoms.